The number of cyclic esters (lactones) is 1. The molecule has 0 bridgehead atoms. The third-order valence-corrected chi connectivity index (χ3v) is 12.4. The molecule has 3 heterocycles. The zero-order chi connectivity index (χ0) is 44.4. The molecule has 1 aromatic carbocycles. The van der Waals surface area contributed by atoms with Crippen molar-refractivity contribution >= 4 is 35.4 Å². The molecule has 15 nitrogen and oxygen atoms in total. The molecule has 16 heteroatoms. The van der Waals surface area contributed by atoms with E-state index in [1.165, 1.54) is 25.9 Å². The highest BCUT2D eigenvalue weighted by molar-refractivity contribution is 6.08. The summed E-state index contributed by atoms with van der Waals surface area (Å²) in [7, 11) is 5.00. The number of aliphatic hydroxyl groups is 1. The first kappa shape index (κ1) is 48.0. The van der Waals surface area contributed by atoms with Crippen LogP contribution in [0.2, 0.25) is 0 Å². The molecule has 3 saturated heterocycles. The van der Waals surface area contributed by atoms with Crippen LogP contribution in [0.5, 0.6) is 0 Å². The third kappa shape index (κ3) is 10.3. The molecule has 0 radical (unpaired) electrons. The number of nitrogens with zero attached hydrogens (tertiary/aromatic N) is 2. The fourth-order valence-electron chi connectivity index (χ4n) is 9.31. The summed E-state index contributed by atoms with van der Waals surface area (Å²) in [6.07, 6.45) is -6.28. The summed E-state index contributed by atoms with van der Waals surface area (Å²) in [6, 6.07) is 4.17. The fourth-order valence-corrected chi connectivity index (χ4v) is 9.31. The zero-order valence-corrected chi connectivity index (χ0v) is 37.0. The lowest BCUT2D eigenvalue weighted by atomic mass is 9.73. The number of anilines is 1. The Balaban J connectivity index is 1.68. The molecule has 332 valence electrons. The summed E-state index contributed by atoms with van der Waals surface area (Å²) in [5, 5.41) is 14.1. The second kappa shape index (κ2) is 18.9. The molecule has 0 saturated carbocycles. The van der Waals surface area contributed by atoms with Gasteiger partial charge in [0.25, 0.3) is 5.67 Å². The quantitative estimate of drug-likeness (QED) is 0.130. The number of halogens is 1. The summed E-state index contributed by atoms with van der Waals surface area (Å²) >= 11 is 0. The van der Waals surface area contributed by atoms with Crippen molar-refractivity contribution < 1.29 is 61.9 Å². The Morgan fingerprint density at radius 2 is 1.66 bits per heavy atom. The van der Waals surface area contributed by atoms with Gasteiger partial charge in [0.05, 0.1) is 30.5 Å². The Bertz CT molecular complexity index is 1690. The van der Waals surface area contributed by atoms with E-state index in [9.17, 15) is 29.1 Å². The molecule has 0 aromatic heterocycles. The highest BCUT2D eigenvalue weighted by Gasteiger charge is 2.61. The number of alkyl halides is 1. The van der Waals surface area contributed by atoms with E-state index in [4.69, 9.17) is 28.4 Å². The molecular formula is C43H66FN3O12. The van der Waals surface area contributed by atoms with Gasteiger partial charge in [0, 0.05) is 43.1 Å². The van der Waals surface area contributed by atoms with Crippen LogP contribution in [0.25, 0.3) is 0 Å². The Morgan fingerprint density at radius 1 is 1.03 bits per heavy atom. The molecule has 59 heavy (non-hydrogen) atoms. The minimum atomic E-state index is -3.21. The first-order chi connectivity index (χ1) is 27.4. The monoisotopic (exact) mass is 835 g/mol. The van der Waals surface area contributed by atoms with E-state index in [2.05, 4.69) is 5.32 Å². The van der Waals surface area contributed by atoms with Crippen LogP contribution in [0.4, 0.5) is 19.7 Å². The van der Waals surface area contributed by atoms with Gasteiger partial charge in [0.2, 0.25) is 0 Å². The number of ketones is 2. The first-order valence-electron chi connectivity index (χ1n) is 20.6. The Labute approximate surface area is 347 Å². The fraction of sp³-hybridized carbons (Fsp3) is 0.744. The van der Waals surface area contributed by atoms with E-state index in [-0.39, 0.29) is 50.3 Å². The molecule has 1 aromatic rings. The first-order valence-corrected chi connectivity index (χ1v) is 20.6. The molecule has 3 fully saturated rings. The summed E-state index contributed by atoms with van der Waals surface area (Å²) in [5.74, 6) is -6.09. The van der Waals surface area contributed by atoms with Crippen molar-refractivity contribution in [2.75, 3.05) is 39.7 Å². The number of nitrogens with one attached hydrogen (secondary N) is 1. The van der Waals surface area contributed by atoms with Crippen LogP contribution in [-0.4, -0.2) is 139 Å². The standard InChI is InChI=1S/C43H66FN3O12/c1-14-31-43(10)34(47(40(53)59-43)16-15-17-55-39(52)45-29-19-23(2)18-24(3)20-29)27(6)32(48)25(4)22-41(8,54-13)36(28(7)35(50)42(9,44)38(51)57-31)58-37-33(49)30(46(11)12)21-26(5)56-37/h18-20,25-28,30-31,33-34,36-37,49H,14-17,21-22H2,1-13H3,(H,45,52)/t25-,26-,27+,28+,30+,31-,33-,34-,36-,37+,41-,42+,43-/m1/s1. The van der Waals surface area contributed by atoms with Gasteiger partial charge in [-0.25, -0.2) is 18.8 Å². The number of fused-ring (bicyclic) bond motifs is 1. The number of ether oxygens (including phenoxy) is 6. The van der Waals surface area contributed by atoms with Crippen molar-refractivity contribution in [1.29, 1.82) is 0 Å². The summed E-state index contributed by atoms with van der Waals surface area (Å²) < 4.78 is 52.6. The number of Topliss-reactive ketones (excluding diaryl/α,β-unsaturated/α-hetero) is 2. The predicted octanol–water partition coefficient (Wildman–Crippen LogP) is 5.54. The van der Waals surface area contributed by atoms with E-state index in [1.54, 1.807) is 39.8 Å². The molecule has 2 amide bonds. The number of aryl methyl sites for hydroxylation is 2. The molecule has 4 rings (SSSR count). The number of likely N-dealkylation sites (N-methyl/N-ethyl adjacent to an activating group) is 1. The van der Waals surface area contributed by atoms with Crippen LogP contribution in [0.15, 0.2) is 18.2 Å². The number of carbonyl (C=O) groups is 5. The lowest BCUT2D eigenvalue weighted by Crippen LogP contribution is -2.61. The second-order valence-electron chi connectivity index (χ2n) is 17.6. The van der Waals surface area contributed by atoms with Crippen molar-refractivity contribution in [3.8, 4) is 0 Å². The molecule has 3 aliphatic heterocycles. The van der Waals surface area contributed by atoms with Gasteiger partial charge in [-0.2, -0.15) is 0 Å². The Hall–Kier alpha value is -3.70. The van der Waals surface area contributed by atoms with E-state index < -0.39 is 89.2 Å². The van der Waals surface area contributed by atoms with E-state index >= 15 is 4.39 Å². The maximum absolute atomic E-state index is 16.9. The lowest BCUT2D eigenvalue weighted by Gasteiger charge is -2.47. The van der Waals surface area contributed by atoms with Crippen molar-refractivity contribution in [2.45, 2.75) is 155 Å². The van der Waals surface area contributed by atoms with Gasteiger partial charge >= 0.3 is 18.2 Å². The molecule has 0 unspecified atom stereocenters. The van der Waals surface area contributed by atoms with Crippen LogP contribution in [-0.2, 0) is 42.8 Å². The van der Waals surface area contributed by atoms with Crippen molar-refractivity contribution in [1.82, 2.24) is 9.80 Å². The van der Waals surface area contributed by atoms with Crippen LogP contribution < -0.4 is 5.32 Å². The third-order valence-electron chi connectivity index (χ3n) is 12.4. The average Bonchev–Trinajstić information content (AvgIpc) is 3.41. The summed E-state index contributed by atoms with van der Waals surface area (Å²) in [4.78, 5) is 72.3. The second-order valence-corrected chi connectivity index (χ2v) is 17.6. The largest absolute Gasteiger partial charge is 0.455 e. The number of carbonyl (C=O) groups excluding carboxylic acids is 5. The topological polar surface area (TPSA) is 179 Å². The molecule has 2 N–H and O–H groups in total. The average molecular weight is 836 g/mol. The number of rotatable bonds is 10. The number of hydrogen-bond donors (Lipinski definition) is 2. The zero-order valence-electron chi connectivity index (χ0n) is 37.0. The number of amides is 2. The number of methoxy groups -OCH3 is 1. The van der Waals surface area contributed by atoms with Crippen LogP contribution >= 0.6 is 0 Å². The van der Waals surface area contributed by atoms with Crippen LogP contribution in [0.1, 0.15) is 92.2 Å². The molecule has 3 aliphatic rings. The molecule has 13 atom stereocenters. The number of hydrogen-bond acceptors (Lipinski definition) is 13. The molecule has 0 spiro atoms. The van der Waals surface area contributed by atoms with Crippen LogP contribution in [0.3, 0.4) is 0 Å². The highest BCUT2D eigenvalue weighted by Crippen LogP contribution is 2.43. The molecular weight excluding hydrogens is 769 g/mol. The Kier molecular flexibility index (Phi) is 15.4. The summed E-state index contributed by atoms with van der Waals surface area (Å²) in [6.45, 7) is 15.9. The molecule has 0 aliphatic carbocycles. The van der Waals surface area contributed by atoms with Gasteiger partial charge in [-0.3, -0.25) is 14.9 Å². The normalized spacial score (nSPS) is 37.4. The summed E-state index contributed by atoms with van der Waals surface area (Å²) in [5.41, 5.74) is -3.87. The number of benzene rings is 1. The maximum atomic E-state index is 16.9. The highest BCUT2D eigenvalue weighted by atomic mass is 19.1. The maximum Gasteiger partial charge on any atom is 0.411 e. The van der Waals surface area contributed by atoms with Gasteiger partial charge in [-0.05, 0) is 105 Å². The van der Waals surface area contributed by atoms with Gasteiger partial charge in [-0.15, -0.1) is 0 Å². The lowest BCUT2D eigenvalue weighted by molar-refractivity contribution is -0.295. The van der Waals surface area contributed by atoms with Crippen molar-refractivity contribution in [2.24, 2.45) is 17.8 Å². The predicted molar refractivity (Wildman–Crippen MR) is 215 cm³/mol. The van der Waals surface area contributed by atoms with Crippen molar-refractivity contribution in [3.05, 3.63) is 29.3 Å². The van der Waals surface area contributed by atoms with E-state index in [1.807, 2.05) is 45.8 Å². The van der Waals surface area contributed by atoms with Gasteiger partial charge in [0.15, 0.2) is 17.7 Å². The minimum Gasteiger partial charge on any atom is -0.455 e. The van der Waals surface area contributed by atoms with Crippen molar-refractivity contribution in [3.63, 3.8) is 0 Å². The van der Waals surface area contributed by atoms with E-state index in [0.717, 1.165) is 18.1 Å². The SMILES string of the molecule is CC[C@H]1OC(=O)[C@@](C)(F)C(=O)[C@H](C)[C@@H](O[C@@H]2O[C@H](C)C[C@H](N(C)C)[C@H]2O)[C@](C)(OC)C[C@@H](C)C(=O)[C@H](C)[C@H]2N(CCCOC(=O)Nc3cc(C)cc(C)c3)C(=O)O[C@]12C. The van der Waals surface area contributed by atoms with E-state index in [0.29, 0.717) is 12.1 Å². The Morgan fingerprint density at radius 3 is 2.24 bits per heavy atom. The van der Waals surface area contributed by atoms with Gasteiger partial charge in [-0.1, -0.05) is 33.8 Å². The van der Waals surface area contributed by atoms with Gasteiger partial charge in [0.1, 0.15) is 18.0 Å². The number of aliphatic hydroxyl groups excluding tert-OH is 1. The smallest absolute Gasteiger partial charge is 0.411 e. The number of esters is 1. The van der Waals surface area contributed by atoms with Crippen LogP contribution in [0, 0.1) is 31.6 Å². The van der Waals surface area contributed by atoms with Gasteiger partial charge < -0.3 is 43.3 Å². The minimum absolute atomic E-state index is 0.00902.